The molecule has 0 atom stereocenters. The molecule has 0 aliphatic carbocycles. The highest BCUT2D eigenvalue weighted by molar-refractivity contribution is 6.04. The van der Waals surface area contributed by atoms with Crippen molar-refractivity contribution >= 4 is 17.8 Å². The predicted octanol–water partition coefficient (Wildman–Crippen LogP) is 2.69. The van der Waals surface area contributed by atoms with E-state index in [2.05, 4.69) is 0 Å². The van der Waals surface area contributed by atoms with Gasteiger partial charge in [-0.15, -0.1) is 0 Å². The van der Waals surface area contributed by atoms with Crippen LogP contribution in [0.25, 0.3) is 0 Å². The van der Waals surface area contributed by atoms with E-state index in [4.69, 9.17) is 11.1 Å². The van der Waals surface area contributed by atoms with E-state index in [1.54, 1.807) is 18.7 Å². The monoisotopic (exact) mass is 384 g/mol. The number of nitrogens with one attached hydrogen (secondary N) is 2. The maximum atomic E-state index is 13.6. The number of piperidine rings is 1. The fourth-order valence-corrected chi connectivity index (χ4v) is 3.27. The number of alkyl halides is 3. The molecule has 9 heteroatoms. The van der Waals surface area contributed by atoms with E-state index in [9.17, 15) is 22.8 Å². The van der Waals surface area contributed by atoms with Crippen LogP contribution in [0.4, 0.5) is 13.2 Å². The Morgan fingerprint density at radius 2 is 1.85 bits per heavy atom. The van der Waals surface area contributed by atoms with E-state index in [1.807, 2.05) is 5.32 Å². The zero-order valence-electron chi connectivity index (χ0n) is 15.2. The molecule has 6 nitrogen and oxygen atoms in total. The second-order valence-electron chi connectivity index (χ2n) is 6.92. The van der Waals surface area contributed by atoms with Crippen molar-refractivity contribution in [1.82, 2.24) is 10.2 Å². The molecule has 2 rings (SSSR count). The summed E-state index contributed by atoms with van der Waals surface area (Å²) in [5, 5.41) is 9.00. The Balaban J connectivity index is 2.26. The minimum Gasteiger partial charge on any atom is -0.370 e. The largest absolute Gasteiger partial charge is 0.416 e. The molecule has 1 aliphatic rings. The highest BCUT2D eigenvalue weighted by Crippen LogP contribution is 2.39. The Labute approximate surface area is 155 Å². The lowest BCUT2D eigenvalue weighted by molar-refractivity contribution is -0.139. The number of carbonyl (C=O) groups excluding carboxylic acids is 2. The van der Waals surface area contributed by atoms with Gasteiger partial charge in [-0.05, 0) is 36.5 Å². The maximum absolute atomic E-state index is 13.6. The van der Waals surface area contributed by atoms with E-state index in [-0.39, 0.29) is 28.9 Å². The molecule has 1 aliphatic heterocycles. The zero-order chi connectivity index (χ0) is 20.4. The van der Waals surface area contributed by atoms with Crippen LogP contribution < -0.4 is 11.1 Å². The maximum Gasteiger partial charge on any atom is 0.416 e. The van der Waals surface area contributed by atoms with Crippen LogP contribution in [0.1, 0.15) is 54.1 Å². The predicted molar refractivity (Wildman–Crippen MR) is 94.2 cm³/mol. The second-order valence-corrected chi connectivity index (χ2v) is 6.92. The fraction of sp³-hybridized carbons (Fsp3) is 0.500. The van der Waals surface area contributed by atoms with Gasteiger partial charge in [0.15, 0.2) is 5.96 Å². The smallest absolute Gasteiger partial charge is 0.370 e. The molecule has 1 fully saturated rings. The van der Waals surface area contributed by atoms with E-state index in [1.165, 1.54) is 12.1 Å². The van der Waals surface area contributed by atoms with Crippen molar-refractivity contribution < 1.29 is 22.8 Å². The molecule has 0 unspecified atom stereocenters. The summed E-state index contributed by atoms with van der Waals surface area (Å²) in [4.78, 5) is 25.6. The highest BCUT2D eigenvalue weighted by atomic mass is 19.4. The number of likely N-dealkylation sites (tertiary alicyclic amines) is 1. The average molecular weight is 384 g/mol. The summed E-state index contributed by atoms with van der Waals surface area (Å²) in [6.45, 7) is 4.40. The molecule has 2 amide bonds. The van der Waals surface area contributed by atoms with Gasteiger partial charge in [0.25, 0.3) is 5.91 Å². The molecular formula is C18H23F3N4O2. The molecule has 0 radical (unpaired) electrons. The highest BCUT2D eigenvalue weighted by Gasteiger charge is 2.37. The standard InChI is InChI=1S/C18H23F3N4O2/c1-10(2)16(27)25-7-5-11(6-8-25)13-4-3-12(15(26)24-17(22)23)9-14(13)18(19,20)21/h3-4,9-11H,5-8H2,1-2H3,(H4,22,23,24,26). The molecule has 0 bridgehead atoms. The number of carbonyl (C=O) groups is 2. The quantitative estimate of drug-likeness (QED) is 0.552. The van der Waals surface area contributed by atoms with Gasteiger partial charge in [0.05, 0.1) is 5.56 Å². The van der Waals surface area contributed by atoms with Gasteiger partial charge >= 0.3 is 6.18 Å². The second kappa shape index (κ2) is 7.98. The molecule has 1 aromatic carbocycles. The molecule has 4 N–H and O–H groups in total. The van der Waals surface area contributed by atoms with Gasteiger partial charge in [0.1, 0.15) is 0 Å². The number of nitrogens with two attached hydrogens (primary N) is 1. The molecule has 1 heterocycles. The third kappa shape index (κ3) is 4.99. The third-order valence-electron chi connectivity index (χ3n) is 4.61. The lowest BCUT2D eigenvalue weighted by Gasteiger charge is -2.34. The zero-order valence-corrected chi connectivity index (χ0v) is 15.2. The molecule has 148 valence electrons. The Kier molecular flexibility index (Phi) is 6.12. The van der Waals surface area contributed by atoms with E-state index in [0.717, 1.165) is 6.07 Å². The number of nitrogens with zero attached hydrogens (tertiary/aromatic N) is 1. The van der Waals surface area contributed by atoms with Gasteiger partial charge in [0.2, 0.25) is 5.91 Å². The Morgan fingerprint density at radius 3 is 2.33 bits per heavy atom. The molecular weight excluding hydrogens is 361 g/mol. The van der Waals surface area contributed by atoms with E-state index >= 15 is 0 Å². The summed E-state index contributed by atoms with van der Waals surface area (Å²) < 4.78 is 40.7. The first-order chi connectivity index (χ1) is 12.5. The van der Waals surface area contributed by atoms with E-state index in [0.29, 0.717) is 25.9 Å². The van der Waals surface area contributed by atoms with Crippen LogP contribution in [0.5, 0.6) is 0 Å². The number of benzene rings is 1. The number of rotatable bonds is 3. The Morgan fingerprint density at radius 1 is 1.26 bits per heavy atom. The van der Waals surface area contributed by atoms with E-state index < -0.39 is 23.6 Å². The number of halogens is 3. The molecule has 0 aromatic heterocycles. The van der Waals surface area contributed by atoms with Crippen LogP contribution in [-0.2, 0) is 11.0 Å². The fourth-order valence-electron chi connectivity index (χ4n) is 3.27. The van der Waals surface area contributed by atoms with Crippen LogP contribution >= 0.6 is 0 Å². The van der Waals surface area contributed by atoms with Crippen molar-refractivity contribution in [1.29, 1.82) is 5.41 Å². The number of hydrogen-bond acceptors (Lipinski definition) is 3. The number of guanidine groups is 1. The van der Waals surface area contributed by atoms with Gasteiger partial charge in [-0.25, -0.2) is 0 Å². The number of hydrogen-bond donors (Lipinski definition) is 3. The Bertz CT molecular complexity index is 739. The summed E-state index contributed by atoms with van der Waals surface area (Å²) in [7, 11) is 0. The van der Waals surface area contributed by atoms with Gasteiger partial charge in [-0.1, -0.05) is 19.9 Å². The summed E-state index contributed by atoms with van der Waals surface area (Å²) in [6, 6.07) is 3.40. The summed E-state index contributed by atoms with van der Waals surface area (Å²) in [6.07, 6.45) is -3.76. The first-order valence-corrected chi connectivity index (χ1v) is 8.66. The summed E-state index contributed by atoms with van der Waals surface area (Å²) in [5.41, 5.74) is 4.10. The molecule has 1 saturated heterocycles. The van der Waals surface area contributed by atoms with Crippen molar-refractivity contribution in [3.63, 3.8) is 0 Å². The van der Waals surface area contributed by atoms with Crippen molar-refractivity contribution in [2.45, 2.75) is 38.8 Å². The van der Waals surface area contributed by atoms with Crippen LogP contribution in [-0.4, -0.2) is 35.8 Å². The third-order valence-corrected chi connectivity index (χ3v) is 4.61. The van der Waals surface area contributed by atoms with Crippen molar-refractivity contribution in [2.75, 3.05) is 13.1 Å². The molecule has 1 aromatic rings. The first kappa shape index (κ1) is 20.7. The lowest BCUT2D eigenvalue weighted by atomic mass is 9.85. The summed E-state index contributed by atoms with van der Waals surface area (Å²) >= 11 is 0. The van der Waals surface area contributed by atoms with Crippen LogP contribution in [0.3, 0.4) is 0 Å². The minimum absolute atomic E-state index is 0.000691. The van der Waals surface area contributed by atoms with Crippen molar-refractivity contribution in [3.05, 3.63) is 34.9 Å². The normalized spacial score (nSPS) is 15.7. The van der Waals surface area contributed by atoms with Gasteiger partial charge in [-0.2, -0.15) is 13.2 Å². The molecule has 27 heavy (non-hydrogen) atoms. The van der Waals surface area contributed by atoms with Gasteiger partial charge in [0, 0.05) is 24.6 Å². The van der Waals surface area contributed by atoms with Crippen LogP contribution in [0.15, 0.2) is 18.2 Å². The Hall–Kier alpha value is -2.58. The molecule has 0 spiro atoms. The topological polar surface area (TPSA) is 99.3 Å². The SMILES string of the molecule is CC(C)C(=O)N1CCC(c2ccc(C(=O)NC(=N)N)cc2C(F)(F)F)CC1. The first-order valence-electron chi connectivity index (χ1n) is 8.66. The lowest BCUT2D eigenvalue weighted by Crippen LogP contribution is -2.40. The van der Waals surface area contributed by atoms with Gasteiger partial charge in [-0.3, -0.25) is 20.3 Å². The number of amides is 2. The summed E-state index contributed by atoms with van der Waals surface area (Å²) in [5.74, 6) is -1.99. The van der Waals surface area contributed by atoms with Crippen LogP contribution in [0, 0.1) is 11.3 Å². The van der Waals surface area contributed by atoms with Crippen molar-refractivity contribution in [3.8, 4) is 0 Å². The van der Waals surface area contributed by atoms with Crippen molar-refractivity contribution in [2.24, 2.45) is 11.7 Å². The molecule has 0 saturated carbocycles. The average Bonchev–Trinajstić information content (AvgIpc) is 2.59. The minimum atomic E-state index is -4.62. The van der Waals surface area contributed by atoms with Gasteiger partial charge < -0.3 is 10.6 Å². The van der Waals surface area contributed by atoms with Crippen LogP contribution in [0.2, 0.25) is 0 Å².